The fourth-order valence-corrected chi connectivity index (χ4v) is 5.79. The van der Waals surface area contributed by atoms with Gasteiger partial charge in [0.05, 0.1) is 17.8 Å². The van der Waals surface area contributed by atoms with Gasteiger partial charge >= 0.3 is 0 Å². The maximum atomic E-state index is 5.87. The summed E-state index contributed by atoms with van der Waals surface area (Å²) in [6, 6.07) is 13.9. The first-order valence-electron chi connectivity index (χ1n) is 10.6. The predicted molar refractivity (Wildman–Crippen MR) is 131 cm³/mol. The molecule has 2 aliphatic heterocycles. The smallest absolute Gasteiger partial charge is 0.231 e. The first-order chi connectivity index (χ1) is 16.1. The van der Waals surface area contributed by atoms with Crippen molar-refractivity contribution in [1.82, 2.24) is 19.9 Å². The fourth-order valence-electron chi connectivity index (χ4n) is 4.69. The molecule has 0 aliphatic carbocycles. The molecule has 33 heavy (non-hydrogen) atoms. The Bertz CT molecular complexity index is 1340. The van der Waals surface area contributed by atoms with Gasteiger partial charge in [0.15, 0.2) is 21.7 Å². The zero-order chi connectivity index (χ0) is 22.5. The lowest BCUT2D eigenvalue weighted by molar-refractivity contribution is 0.174. The van der Waals surface area contributed by atoms with Crippen LogP contribution in [0.3, 0.4) is 0 Å². The number of aryl methyl sites for hydroxylation is 1. The summed E-state index contributed by atoms with van der Waals surface area (Å²) < 4.78 is 13.4. The molecule has 0 saturated carbocycles. The maximum Gasteiger partial charge on any atom is 0.231 e. The van der Waals surface area contributed by atoms with Gasteiger partial charge in [-0.2, -0.15) is 0 Å². The Labute approximate surface area is 200 Å². The SMILES string of the molecule is Cc1cc([C@@H]2[C@@H](c3ccccn3)NC(=S)N2c2ccc3c(c2)OCO3)c(C)n1-c1nccs1. The Morgan fingerprint density at radius 2 is 1.94 bits per heavy atom. The van der Waals surface area contributed by atoms with Crippen molar-refractivity contribution in [1.29, 1.82) is 0 Å². The Kier molecular flexibility index (Phi) is 4.81. The Balaban J connectivity index is 1.52. The van der Waals surface area contributed by atoms with Gasteiger partial charge in [-0.3, -0.25) is 9.55 Å². The number of anilines is 1. The van der Waals surface area contributed by atoms with Gasteiger partial charge < -0.3 is 19.7 Å². The molecule has 7 nitrogen and oxygen atoms in total. The van der Waals surface area contributed by atoms with E-state index in [0.29, 0.717) is 5.11 Å². The molecule has 0 unspecified atom stereocenters. The normalized spacial score (nSPS) is 19.2. The molecule has 6 rings (SSSR count). The van der Waals surface area contributed by atoms with Crippen molar-refractivity contribution >= 4 is 34.4 Å². The molecule has 1 saturated heterocycles. The van der Waals surface area contributed by atoms with Crippen molar-refractivity contribution in [3.63, 3.8) is 0 Å². The topological polar surface area (TPSA) is 64.4 Å². The van der Waals surface area contributed by atoms with Crippen LogP contribution in [0.5, 0.6) is 11.5 Å². The first kappa shape index (κ1) is 20.2. The molecule has 0 radical (unpaired) electrons. The zero-order valence-electron chi connectivity index (χ0n) is 18.1. The summed E-state index contributed by atoms with van der Waals surface area (Å²) in [5.41, 5.74) is 5.31. The number of hydrogen-bond donors (Lipinski definition) is 1. The van der Waals surface area contributed by atoms with Crippen molar-refractivity contribution in [3.8, 4) is 16.6 Å². The lowest BCUT2D eigenvalue weighted by Crippen LogP contribution is -2.29. The van der Waals surface area contributed by atoms with Gasteiger partial charge in [-0.1, -0.05) is 6.07 Å². The number of nitrogens with one attached hydrogen (secondary N) is 1. The minimum absolute atomic E-state index is 0.104. The average Bonchev–Trinajstić information content (AvgIpc) is 3.60. The van der Waals surface area contributed by atoms with Gasteiger partial charge in [0, 0.05) is 40.9 Å². The van der Waals surface area contributed by atoms with Crippen LogP contribution in [0, 0.1) is 13.8 Å². The zero-order valence-corrected chi connectivity index (χ0v) is 19.7. The lowest BCUT2D eigenvalue weighted by Gasteiger charge is -2.28. The number of thiocarbonyl (C=S) groups is 1. The van der Waals surface area contributed by atoms with Crippen LogP contribution in [0.15, 0.2) is 60.2 Å². The highest BCUT2D eigenvalue weighted by molar-refractivity contribution is 7.80. The van der Waals surface area contributed by atoms with Gasteiger partial charge in [-0.25, -0.2) is 4.98 Å². The minimum atomic E-state index is -0.116. The van der Waals surface area contributed by atoms with Crippen molar-refractivity contribution in [3.05, 3.63) is 82.9 Å². The number of pyridine rings is 1. The molecular formula is C24H21N5O2S2. The molecule has 5 heterocycles. The number of nitrogens with zero attached hydrogens (tertiary/aromatic N) is 4. The Morgan fingerprint density at radius 3 is 2.73 bits per heavy atom. The molecule has 1 aromatic carbocycles. The Hall–Kier alpha value is -3.43. The molecule has 1 N–H and O–H groups in total. The summed E-state index contributed by atoms with van der Waals surface area (Å²) in [6.07, 6.45) is 3.65. The lowest BCUT2D eigenvalue weighted by atomic mass is 9.96. The molecule has 0 amide bonds. The second-order valence-corrected chi connectivity index (χ2v) is 9.27. The van der Waals surface area contributed by atoms with Gasteiger partial charge in [-0.15, -0.1) is 11.3 Å². The van der Waals surface area contributed by atoms with Crippen LogP contribution in [0.1, 0.15) is 34.7 Å². The van der Waals surface area contributed by atoms with E-state index in [2.05, 4.69) is 44.7 Å². The van der Waals surface area contributed by atoms with E-state index in [1.54, 1.807) is 11.3 Å². The number of ether oxygens (including phenoxy) is 2. The summed E-state index contributed by atoms with van der Waals surface area (Å²) >= 11 is 7.49. The molecule has 2 atom stereocenters. The highest BCUT2D eigenvalue weighted by Gasteiger charge is 2.42. The number of rotatable bonds is 4. The summed E-state index contributed by atoms with van der Waals surface area (Å²) in [4.78, 5) is 11.4. The molecular weight excluding hydrogens is 454 g/mol. The van der Waals surface area contributed by atoms with E-state index in [1.807, 2.05) is 54.2 Å². The molecule has 166 valence electrons. The Morgan fingerprint density at radius 1 is 1.06 bits per heavy atom. The average molecular weight is 476 g/mol. The van der Waals surface area contributed by atoms with Crippen LogP contribution < -0.4 is 19.7 Å². The second kappa shape index (κ2) is 7.86. The van der Waals surface area contributed by atoms with Crippen molar-refractivity contribution in [2.75, 3.05) is 11.7 Å². The highest BCUT2D eigenvalue weighted by atomic mass is 32.1. The van der Waals surface area contributed by atoms with Gasteiger partial charge in [0.25, 0.3) is 0 Å². The standard InChI is InChI=1S/C24H21N5O2S2/c1-14-11-17(15(2)28(14)24-26-9-10-33-24)22-21(18-5-3-4-8-25-18)27-23(32)29(22)16-6-7-19-20(12-16)31-13-30-19/h3-12,21-22H,13H2,1-2H3,(H,27,32)/t21-,22-/m1/s1. The maximum absolute atomic E-state index is 5.87. The predicted octanol–water partition coefficient (Wildman–Crippen LogP) is 4.85. The number of benzene rings is 1. The van der Waals surface area contributed by atoms with E-state index in [-0.39, 0.29) is 18.9 Å². The molecule has 4 aromatic rings. The van der Waals surface area contributed by atoms with E-state index >= 15 is 0 Å². The van der Waals surface area contributed by atoms with Crippen LogP contribution in [-0.4, -0.2) is 26.4 Å². The highest BCUT2D eigenvalue weighted by Crippen LogP contribution is 2.46. The third-order valence-electron chi connectivity index (χ3n) is 6.13. The fraction of sp³-hybridized carbons (Fsp3) is 0.208. The van der Waals surface area contributed by atoms with Crippen LogP contribution in [0.25, 0.3) is 5.13 Å². The quantitative estimate of drug-likeness (QED) is 0.423. The summed E-state index contributed by atoms with van der Waals surface area (Å²) in [5, 5.41) is 7.12. The van der Waals surface area contributed by atoms with E-state index < -0.39 is 0 Å². The van der Waals surface area contributed by atoms with E-state index in [4.69, 9.17) is 21.7 Å². The van der Waals surface area contributed by atoms with Gasteiger partial charge in [0.2, 0.25) is 6.79 Å². The van der Waals surface area contributed by atoms with Crippen LogP contribution in [0.2, 0.25) is 0 Å². The molecule has 0 bridgehead atoms. The van der Waals surface area contributed by atoms with Crippen molar-refractivity contribution in [2.24, 2.45) is 0 Å². The van der Waals surface area contributed by atoms with Crippen molar-refractivity contribution < 1.29 is 9.47 Å². The van der Waals surface area contributed by atoms with Crippen LogP contribution in [-0.2, 0) is 0 Å². The molecule has 9 heteroatoms. The largest absolute Gasteiger partial charge is 0.454 e. The number of aromatic nitrogens is 3. The molecule has 0 spiro atoms. The summed E-state index contributed by atoms with van der Waals surface area (Å²) in [6.45, 7) is 4.48. The number of hydrogen-bond acceptors (Lipinski definition) is 6. The van der Waals surface area contributed by atoms with Gasteiger partial charge in [-0.05, 0) is 62.0 Å². The van der Waals surface area contributed by atoms with Crippen LogP contribution in [0.4, 0.5) is 5.69 Å². The van der Waals surface area contributed by atoms with Gasteiger partial charge in [0.1, 0.15) is 0 Å². The first-order valence-corrected chi connectivity index (χ1v) is 11.9. The molecule has 2 aliphatic rings. The minimum Gasteiger partial charge on any atom is -0.454 e. The van der Waals surface area contributed by atoms with Crippen LogP contribution >= 0.6 is 23.6 Å². The van der Waals surface area contributed by atoms with E-state index in [1.165, 1.54) is 5.56 Å². The van der Waals surface area contributed by atoms with E-state index in [9.17, 15) is 0 Å². The van der Waals surface area contributed by atoms with E-state index in [0.717, 1.165) is 39.4 Å². The molecule has 3 aromatic heterocycles. The number of fused-ring (bicyclic) bond motifs is 1. The second-order valence-electron chi connectivity index (χ2n) is 8.01. The third-order valence-corrected chi connectivity index (χ3v) is 7.20. The summed E-state index contributed by atoms with van der Waals surface area (Å²) in [7, 11) is 0. The third kappa shape index (κ3) is 3.27. The summed E-state index contributed by atoms with van der Waals surface area (Å²) in [5.74, 6) is 1.47. The monoisotopic (exact) mass is 475 g/mol. The molecule has 1 fully saturated rings. The number of thiazole rings is 1. The van der Waals surface area contributed by atoms with Crippen molar-refractivity contribution in [2.45, 2.75) is 25.9 Å².